The average Bonchev–Trinajstić information content (AvgIpc) is 3.19. The number of hydrogen-bond donors (Lipinski definition) is 1. The van der Waals surface area contributed by atoms with Gasteiger partial charge in [0.15, 0.2) is 0 Å². The third-order valence-corrected chi connectivity index (χ3v) is 4.80. The van der Waals surface area contributed by atoms with E-state index >= 15 is 0 Å². The molecule has 152 valence electrons. The maximum absolute atomic E-state index is 13.1. The van der Waals surface area contributed by atoms with E-state index in [-0.39, 0.29) is 11.7 Å². The molecule has 29 heavy (non-hydrogen) atoms. The molecule has 3 heterocycles. The number of nitrogens with one attached hydrogen (secondary N) is 1. The summed E-state index contributed by atoms with van der Waals surface area (Å²) in [6.07, 6.45) is 3.62. The molecule has 0 bridgehead atoms. The SMILES string of the molecule is CCc1cc(NC2CCCN(c3ccc(OC(F)F)cc3)C2=O)n2ncnc2n1. The standard InChI is InChI=1S/C19H20F2N6O2/c1-2-12-10-16(27-19(24-12)22-11-23-27)25-15-4-3-9-26(17(15)28)13-5-7-14(8-6-13)29-18(20)21/h5-8,10-11,15,18,25H,2-4,9H2,1H3. The molecule has 1 aliphatic rings. The van der Waals surface area contributed by atoms with Crippen LogP contribution in [0.15, 0.2) is 36.7 Å². The first-order valence-corrected chi connectivity index (χ1v) is 9.37. The quantitative estimate of drug-likeness (QED) is 0.683. The zero-order valence-corrected chi connectivity index (χ0v) is 15.8. The van der Waals surface area contributed by atoms with Crippen LogP contribution in [0.4, 0.5) is 20.3 Å². The van der Waals surface area contributed by atoms with Gasteiger partial charge in [-0.15, -0.1) is 0 Å². The summed E-state index contributed by atoms with van der Waals surface area (Å²) in [6.45, 7) is -0.331. The van der Waals surface area contributed by atoms with E-state index < -0.39 is 12.7 Å². The average molecular weight is 402 g/mol. The van der Waals surface area contributed by atoms with Crippen molar-refractivity contribution >= 4 is 23.2 Å². The van der Waals surface area contributed by atoms with Crippen LogP contribution in [0.25, 0.3) is 5.78 Å². The normalized spacial score (nSPS) is 17.2. The van der Waals surface area contributed by atoms with Gasteiger partial charge in [-0.3, -0.25) is 4.79 Å². The van der Waals surface area contributed by atoms with E-state index in [4.69, 9.17) is 0 Å². The molecule has 0 radical (unpaired) electrons. The van der Waals surface area contributed by atoms with Crippen LogP contribution in [-0.4, -0.2) is 44.7 Å². The lowest BCUT2D eigenvalue weighted by Gasteiger charge is -2.33. The van der Waals surface area contributed by atoms with E-state index in [1.807, 2.05) is 13.0 Å². The number of carbonyl (C=O) groups is 1. The van der Waals surface area contributed by atoms with Gasteiger partial charge in [0.2, 0.25) is 5.91 Å². The van der Waals surface area contributed by atoms with E-state index in [1.165, 1.54) is 18.5 Å². The van der Waals surface area contributed by atoms with Crippen molar-refractivity contribution in [1.82, 2.24) is 19.6 Å². The third kappa shape index (κ3) is 3.96. The van der Waals surface area contributed by atoms with Gasteiger partial charge in [0, 0.05) is 24.0 Å². The first-order valence-electron chi connectivity index (χ1n) is 9.37. The largest absolute Gasteiger partial charge is 0.435 e. The number of nitrogens with zero attached hydrogens (tertiary/aromatic N) is 5. The Hall–Kier alpha value is -3.30. The van der Waals surface area contributed by atoms with E-state index in [0.717, 1.165) is 18.5 Å². The van der Waals surface area contributed by atoms with Crippen molar-refractivity contribution in [2.75, 3.05) is 16.8 Å². The van der Waals surface area contributed by atoms with Crippen molar-refractivity contribution in [3.05, 3.63) is 42.4 Å². The third-order valence-electron chi connectivity index (χ3n) is 4.80. The number of piperidine rings is 1. The molecule has 3 aromatic rings. The van der Waals surface area contributed by atoms with Gasteiger partial charge in [-0.1, -0.05) is 6.92 Å². The maximum Gasteiger partial charge on any atom is 0.387 e. The molecule has 8 nitrogen and oxygen atoms in total. The molecule has 1 amide bonds. The van der Waals surface area contributed by atoms with Crippen LogP contribution in [0.3, 0.4) is 0 Å². The van der Waals surface area contributed by atoms with Crippen LogP contribution in [0.5, 0.6) is 5.75 Å². The molecule has 1 fully saturated rings. The fourth-order valence-corrected chi connectivity index (χ4v) is 3.40. The van der Waals surface area contributed by atoms with Gasteiger partial charge < -0.3 is 15.0 Å². The Morgan fingerprint density at radius 2 is 2.10 bits per heavy atom. The topological polar surface area (TPSA) is 84.7 Å². The lowest BCUT2D eigenvalue weighted by molar-refractivity contribution is -0.120. The molecule has 1 atom stereocenters. The number of aromatic nitrogens is 4. The van der Waals surface area contributed by atoms with Gasteiger partial charge in [0.05, 0.1) is 0 Å². The first kappa shape index (κ1) is 19.0. The van der Waals surface area contributed by atoms with Gasteiger partial charge in [0.1, 0.15) is 23.9 Å². The Balaban J connectivity index is 1.54. The van der Waals surface area contributed by atoms with E-state index in [2.05, 4.69) is 25.1 Å². The van der Waals surface area contributed by atoms with Crippen molar-refractivity contribution in [1.29, 1.82) is 0 Å². The second-order valence-corrected chi connectivity index (χ2v) is 6.66. The van der Waals surface area contributed by atoms with E-state index in [9.17, 15) is 13.6 Å². The molecule has 10 heteroatoms. The van der Waals surface area contributed by atoms with Crippen LogP contribution in [0.2, 0.25) is 0 Å². The number of anilines is 2. The molecule has 1 N–H and O–H groups in total. The summed E-state index contributed by atoms with van der Waals surface area (Å²) < 4.78 is 30.6. The molecule has 0 spiro atoms. The number of hydrogen-bond acceptors (Lipinski definition) is 6. The summed E-state index contributed by atoms with van der Waals surface area (Å²) in [7, 11) is 0. The molecular weight excluding hydrogens is 382 g/mol. The van der Waals surface area contributed by atoms with E-state index in [1.54, 1.807) is 21.5 Å². The molecule has 1 aliphatic heterocycles. The van der Waals surface area contributed by atoms with Crippen molar-refractivity contribution in [3.8, 4) is 5.75 Å². The van der Waals surface area contributed by atoms with Crippen LogP contribution < -0.4 is 15.0 Å². The lowest BCUT2D eigenvalue weighted by atomic mass is 10.0. The fraction of sp³-hybridized carbons (Fsp3) is 0.368. The number of aryl methyl sites for hydroxylation is 1. The van der Waals surface area contributed by atoms with Crippen LogP contribution in [-0.2, 0) is 11.2 Å². The predicted molar refractivity (Wildman–Crippen MR) is 102 cm³/mol. The first-order chi connectivity index (χ1) is 14.0. The van der Waals surface area contributed by atoms with Gasteiger partial charge in [-0.2, -0.15) is 23.4 Å². The number of rotatable bonds is 6. The zero-order valence-electron chi connectivity index (χ0n) is 15.8. The maximum atomic E-state index is 13.1. The summed E-state index contributed by atoms with van der Waals surface area (Å²) in [5.74, 6) is 1.09. The number of alkyl halides is 2. The highest BCUT2D eigenvalue weighted by atomic mass is 19.3. The monoisotopic (exact) mass is 402 g/mol. The molecule has 1 aromatic carbocycles. The minimum Gasteiger partial charge on any atom is -0.435 e. The Labute approximate surface area is 165 Å². The van der Waals surface area contributed by atoms with Crippen molar-refractivity contribution in [2.24, 2.45) is 0 Å². The minimum atomic E-state index is -2.88. The van der Waals surface area contributed by atoms with Crippen molar-refractivity contribution < 1.29 is 18.3 Å². The smallest absolute Gasteiger partial charge is 0.387 e. The van der Waals surface area contributed by atoms with Gasteiger partial charge in [0.25, 0.3) is 5.78 Å². The molecular formula is C19H20F2N6O2. The lowest BCUT2D eigenvalue weighted by Crippen LogP contribution is -2.48. The second-order valence-electron chi connectivity index (χ2n) is 6.66. The summed E-state index contributed by atoms with van der Waals surface area (Å²) in [5.41, 5.74) is 1.49. The highest BCUT2D eigenvalue weighted by Crippen LogP contribution is 2.26. The number of halogens is 2. The Kier molecular flexibility index (Phi) is 5.24. The highest BCUT2D eigenvalue weighted by molar-refractivity contribution is 5.99. The molecule has 0 saturated carbocycles. The predicted octanol–water partition coefficient (Wildman–Crippen LogP) is 2.90. The Bertz CT molecular complexity index is 1010. The van der Waals surface area contributed by atoms with Gasteiger partial charge >= 0.3 is 6.61 Å². The molecule has 1 saturated heterocycles. The summed E-state index contributed by atoms with van der Waals surface area (Å²) in [4.78, 5) is 23.3. The Morgan fingerprint density at radius 3 is 2.83 bits per heavy atom. The molecule has 1 unspecified atom stereocenters. The molecule has 2 aromatic heterocycles. The number of carbonyl (C=O) groups excluding carboxylic acids is 1. The number of amides is 1. The van der Waals surface area contributed by atoms with Crippen molar-refractivity contribution in [3.63, 3.8) is 0 Å². The summed E-state index contributed by atoms with van der Waals surface area (Å²) in [6, 6.07) is 7.50. The molecule has 4 rings (SSSR count). The highest BCUT2D eigenvalue weighted by Gasteiger charge is 2.30. The van der Waals surface area contributed by atoms with E-state index in [0.29, 0.717) is 30.2 Å². The summed E-state index contributed by atoms with van der Waals surface area (Å²) in [5, 5.41) is 7.45. The Morgan fingerprint density at radius 1 is 1.31 bits per heavy atom. The molecule has 0 aliphatic carbocycles. The van der Waals surface area contributed by atoms with Gasteiger partial charge in [-0.05, 0) is 43.5 Å². The fourth-order valence-electron chi connectivity index (χ4n) is 3.40. The summed E-state index contributed by atoms with van der Waals surface area (Å²) >= 11 is 0. The van der Waals surface area contributed by atoms with Gasteiger partial charge in [-0.25, -0.2) is 4.98 Å². The minimum absolute atomic E-state index is 0.0559. The van der Waals surface area contributed by atoms with Crippen LogP contribution in [0.1, 0.15) is 25.5 Å². The number of ether oxygens (including phenoxy) is 1. The van der Waals surface area contributed by atoms with Crippen LogP contribution in [0, 0.1) is 0 Å². The number of benzene rings is 1. The van der Waals surface area contributed by atoms with Crippen LogP contribution >= 0.6 is 0 Å². The second kappa shape index (κ2) is 7.98. The zero-order chi connectivity index (χ0) is 20.4. The van der Waals surface area contributed by atoms with Crippen molar-refractivity contribution in [2.45, 2.75) is 38.8 Å². The number of fused-ring (bicyclic) bond motifs is 1.